The Morgan fingerprint density at radius 1 is 0.708 bits per heavy atom. The van der Waals surface area contributed by atoms with Gasteiger partial charge in [-0.15, -0.1) is 0 Å². The largest absolute Gasteiger partial charge is 0.326 e. The highest BCUT2D eigenvalue weighted by molar-refractivity contribution is 5.92. The summed E-state index contributed by atoms with van der Waals surface area (Å²) in [7, 11) is 0. The van der Waals surface area contributed by atoms with E-state index in [1.54, 1.807) is 0 Å². The Morgan fingerprint density at radius 3 is 1.88 bits per heavy atom. The third kappa shape index (κ3) is 4.61. The summed E-state index contributed by atoms with van der Waals surface area (Å²) in [5.41, 5.74) is 3.30. The lowest BCUT2D eigenvalue weighted by molar-refractivity contribution is -0.115. The molecule has 0 fully saturated rings. The zero-order valence-electron chi connectivity index (χ0n) is 13.1. The van der Waals surface area contributed by atoms with Crippen LogP contribution in [0, 0.1) is 0 Å². The molecule has 118 valence electrons. The van der Waals surface area contributed by atoms with Gasteiger partial charge in [-0.1, -0.05) is 48.5 Å². The van der Waals surface area contributed by atoms with Gasteiger partial charge in [-0.3, -0.25) is 4.79 Å². The average molecular weight is 315 g/mol. The molecule has 0 aliphatic carbocycles. The first-order valence-electron chi connectivity index (χ1n) is 7.70. The van der Waals surface area contributed by atoms with Crippen LogP contribution in [0.5, 0.6) is 0 Å². The van der Waals surface area contributed by atoms with E-state index in [1.807, 2.05) is 84.9 Å². The van der Waals surface area contributed by atoms with Crippen LogP contribution in [-0.2, 0) is 11.2 Å². The second-order valence-corrected chi connectivity index (χ2v) is 5.29. The van der Waals surface area contributed by atoms with E-state index in [0.717, 1.165) is 22.6 Å². The molecule has 1 N–H and O–H groups in total. The van der Waals surface area contributed by atoms with Crippen LogP contribution in [-0.4, -0.2) is 5.91 Å². The Morgan fingerprint density at radius 2 is 1.25 bits per heavy atom. The lowest BCUT2D eigenvalue weighted by Gasteiger charge is -2.05. The number of hydrogen-bond acceptors (Lipinski definition) is 3. The molecule has 0 unspecified atom stereocenters. The van der Waals surface area contributed by atoms with E-state index in [1.165, 1.54) is 0 Å². The van der Waals surface area contributed by atoms with Crippen molar-refractivity contribution >= 4 is 23.0 Å². The molecule has 1 amide bonds. The first-order valence-corrected chi connectivity index (χ1v) is 7.70. The van der Waals surface area contributed by atoms with E-state index in [0.29, 0.717) is 6.42 Å². The number of para-hydroxylation sites is 1. The maximum Gasteiger partial charge on any atom is 0.228 e. The zero-order chi connectivity index (χ0) is 16.6. The number of nitrogens with one attached hydrogen (secondary N) is 1. The third-order valence-electron chi connectivity index (χ3n) is 3.40. The number of benzene rings is 3. The Kier molecular flexibility index (Phi) is 5.10. The first-order chi connectivity index (χ1) is 11.8. The van der Waals surface area contributed by atoms with Crippen molar-refractivity contribution in [2.24, 2.45) is 10.2 Å². The molecule has 4 nitrogen and oxygen atoms in total. The van der Waals surface area contributed by atoms with Crippen LogP contribution in [0.2, 0.25) is 0 Å². The average Bonchev–Trinajstić information content (AvgIpc) is 2.63. The highest BCUT2D eigenvalue weighted by Gasteiger charge is 2.04. The van der Waals surface area contributed by atoms with E-state index in [2.05, 4.69) is 15.5 Å². The fourth-order valence-electron chi connectivity index (χ4n) is 2.20. The smallest absolute Gasteiger partial charge is 0.228 e. The maximum atomic E-state index is 12.0. The minimum atomic E-state index is -0.0418. The molecule has 4 heteroatoms. The van der Waals surface area contributed by atoms with Crippen LogP contribution in [0.15, 0.2) is 95.2 Å². The van der Waals surface area contributed by atoms with E-state index in [-0.39, 0.29) is 5.91 Å². The molecule has 24 heavy (non-hydrogen) atoms. The molecular weight excluding hydrogens is 298 g/mol. The highest BCUT2D eigenvalue weighted by Crippen LogP contribution is 2.18. The van der Waals surface area contributed by atoms with Gasteiger partial charge in [0.15, 0.2) is 0 Å². The molecule has 0 bridgehead atoms. The van der Waals surface area contributed by atoms with Crippen molar-refractivity contribution < 1.29 is 4.79 Å². The second-order valence-electron chi connectivity index (χ2n) is 5.29. The molecule has 0 heterocycles. The van der Waals surface area contributed by atoms with Crippen LogP contribution in [0.3, 0.4) is 0 Å². The molecule has 3 rings (SSSR count). The minimum absolute atomic E-state index is 0.0418. The highest BCUT2D eigenvalue weighted by atomic mass is 16.1. The summed E-state index contributed by atoms with van der Waals surface area (Å²) < 4.78 is 0. The predicted octanol–water partition coefficient (Wildman–Crippen LogP) is 5.28. The molecule has 0 saturated carbocycles. The monoisotopic (exact) mass is 315 g/mol. The van der Waals surface area contributed by atoms with Gasteiger partial charge in [0.1, 0.15) is 0 Å². The van der Waals surface area contributed by atoms with Crippen LogP contribution < -0.4 is 5.32 Å². The van der Waals surface area contributed by atoms with Gasteiger partial charge < -0.3 is 5.32 Å². The molecular formula is C20H17N3O. The Balaban J connectivity index is 1.58. The number of hydrogen-bond donors (Lipinski definition) is 1. The first kappa shape index (κ1) is 15.6. The Hall–Kier alpha value is -3.27. The van der Waals surface area contributed by atoms with Crippen LogP contribution in [0.1, 0.15) is 5.56 Å². The number of anilines is 1. The van der Waals surface area contributed by atoms with Gasteiger partial charge in [0.25, 0.3) is 0 Å². The summed E-state index contributed by atoms with van der Waals surface area (Å²) >= 11 is 0. The lowest BCUT2D eigenvalue weighted by Crippen LogP contribution is -2.14. The van der Waals surface area contributed by atoms with Gasteiger partial charge in [0.05, 0.1) is 17.8 Å². The number of carbonyl (C=O) groups excluding carboxylic acids is 1. The van der Waals surface area contributed by atoms with E-state index in [9.17, 15) is 4.79 Å². The molecule has 0 spiro atoms. The van der Waals surface area contributed by atoms with Gasteiger partial charge in [0, 0.05) is 5.69 Å². The predicted molar refractivity (Wildman–Crippen MR) is 95.8 cm³/mol. The Bertz CT molecular complexity index is 813. The molecule has 3 aromatic carbocycles. The summed E-state index contributed by atoms with van der Waals surface area (Å²) in [6.45, 7) is 0. The quantitative estimate of drug-likeness (QED) is 0.640. The summed E-state index contributed by atoms with van der Waals surface area (Å²) in [5.74, 6) is -0.0418. The SMILES string of the molecule is O=C(Cc1ccc(N=Nc2ccccc2)cc1)Nc1ccccc1. The van der Waals surface area contributed by atoms with E-state index in [4.69, 9.17) is 0 Å². The van der Waals surface area contributed by atoms with E-state index >= 15 is 0 Å². The topological polar surface area (TPSA) is 53.8 Å². The van der Waals surface area contributed by atoms with Crippen molar-refractivity contribution in [1.82, 2.24) is 0 Å². The molecule has 0 atom stereocenters. The standard InChI is InChI=1S/C20H17N3O/c24-20(21-17-7-3-1-4-8-17)15-16-11-13-19(14-12-16)23-22-18-9-5-2-6-10-18/h1-14H,15H2,(H,21,24). The van der Waals surface area contributed by atoms with Crippen LogP contribution in [0.4, 0.5) is 17.1 Å². The number of carbonyl (C=O) groups is 1. The lowest BCUT2D eigenvalue weighted by atomic mass is 10.1. The molecule has 0 aliphatic rings. The fourth-order valence-corrected chi connectivity index (χ4v) is 2.20. The maximum absolute atomic E-state index is 12.0. The number of rotatable bonds is 5. The van der Waals surface area contributed by atoms with Gasteiger partial charge in [-0.2, -0.15) is 10.2 Å². The summed E-state index contributed by atoms with van der Waals surface area (Å²) in [5, 5.41) is 11.2. The van der Waals surface area contributed by atoms with Gasteiger partial charge in [0.2, 0.25) is 5.91 Å². The number of azo groups is 1. The van der Waals surface area contributed by atoms with Crippen molar-refractivity contribution in [2.75, 3.05) is 5.32 Å². The summed E-state index contributed by atoms with van der Waals surface area (Å²) in [6, 6.07) is 26.5. The number of nitrogens with zero attached hydrogens (tertiary/aromatic N) is 2. The van der Waals surface area contributed by atoms with Crippen molar-refractivity contribution in [3.05, 3.63) is 90.5 Å². The normalized spacial score (nSPS) is 10.7. The Labute approximate surface area is 140 Å². The molecule has 3 aromatic rings. The molecule has 0 aromatic heterocycles. The summed E-state index contributed by atoms with van der Waals surface area (Å²) in [6.07, 6.45) is 0.324. The second kappa shape index (κ2) is 7.83. The molecule has 0 saturated heterocycles. The molecule has 0 radical (unpaired) electrons. The van der Waals surface area contributed by atoms with Crippen LogP contribution in [0.25, 0.3) is 0 Å². The summed E-state index contributed by atoms with van der Waals surface area (Å²) in [4.78, 5) is 12.0. The van der Waals surface area contributed by atoms with Crippen molar-refractivity contribution in [3.8, 4) is 0 Å². The number of amides is 1. The zero-order valence-corrected chi connectivity index (χ0v) is 13.1. The van der Waals surface area contributed by atoms with Crippen molar-refractivity contribution in [3.63, 3.8) is 0 Å². The van der Waals surface area contributed by atoms with Gasteiger partial charge in [-0.05, 0) is 42.0 Å². The molecule has 0 aliphatic heterocycles. The minimum Gasteiger partial charge on any atom is -0.326 e. The van der Waals surface area contributed by atoms with Gasteiger partial charge in [-0.25, -0.2) is 0 Å². The third-order valence-corrected chi connectivity index (χ3v) is 3.40. The van der Waals surface area contributed by atoms with Crippen molar-refractivity contribution in [1.29, 1.82) is 0 Å². The van der Waals surface area contributed by atoms with E-state index < -0.39 is 0 Å². The van der Waals surface area contributed by atoms with Crippen molar-refractivity contribution in [2.45, 2.75) is 6.42 Å². The van der Waals surface area contributed by atoms with Gasteiger partial charge >= 0.3 is 0 Å². The van der Waals surface area contributed by atoms with Crippen LogP contribution >= 0.6 is 0 Å². The fraction of sp³-hybridized carbons (Fsp3) is 0.0500.